The van der Waals surface area contributed by atoms with Crippen LogP contribution < -0.4 is 5.73 Å². The first-order valence-electron chi connectivity index (χ1n) is 6.89. The largest absolute Gasteiger partial charge is 0.330 e. The third-order valence-electron chi connectivity index (χ3n) is 4.65. The molecule has 2 nitrogen and oxygen atoms in total. The van der Waals surface area contributed by atoms with Gasteiger partial charge in [-0.2, -0.15) is 0 Å². The molecule has 1 saturated carbocycles. The molecule has 2 heteroatoms. The van der Waals surface area contributed by atoms with Gasteiger partial charge in [0.2, 0.25) is 0 Å². The van der Waals surface area contributed by atoms with Gasteiger partial charge in [-0.15, -0.1) is 0 Å². The van der Waals surface area contributed by atoms with Crippen molar-refractivity contribution in [2.75, 3.05) is 13.6 Å². The zero-order chi connectivity index (χ0) is 12.3. The standard InChI is InChI=1S/C14H30N2/c1-10(2)12(4)16(5)14-8-11(3)6-7-13(14)9-15/h10-14H,6-9,15H2,1-5H3. The molecule has 4 unspecified atom stereocenters. The maximum Gasteiger partial charge on any atom is 0.0138 e. The van der Waals surface area contributed by atoms with Crippen molar-refractivity contribution in [3.63, 3.8) is 0 Å². The van der Waals surface area contributed by atoms with Crippen LogP contribution in [0.25, 0.3) is 0 Å². The van der Waals surface area contributed by atoms with E-state index in [1.165, 1.54) is 19.3 Å². The number of nitrogens with zero attached hydrogens (tertiary/aromatic N) is 1. The second kappa shape index (κ2) is 6.02. The highest BCUT2D eigenvalue weighted by atomic mass is 15.2. The lowest BCUT2D eigenvalue weighted by Gasteiger charge is -2.43. The van der Waals surface area contributed by atoms with Crippen molar-refractivity contribution in [2.24, 2.45) is 23.5 Å². The van der Waals surface area contributed by atoms with Gasteiger partial charge in [0.15, 0.2) is 0 Å². The minimum atomic E-state index is 0.657. The summed E-state index contributed by atoms with van der Waals surface area (Å²) in [6.07, 6.45) is 4.01. The van der Waals surface area contributed by atoms with Crippen molar-refractivity contribution in [2.45, 2.75) is 59.0 Å². The Labute approximate surface area is 102 Å². The first kappa shape index (κ1) is 14.0. The van der Waals surface area contributed by atoms with Gasteiger partial charge in [-0.25, -0.2) is 0 Å². The Kier molecular flexibility index (Phi) is 5.26. The van der Waals surface area contributed by atoms with Crippen LogP contribution in [0.15, 0.2) is 0 Å². The van der Waals surface area contributed by atoms with Crippen LogP contribution in [0.1, 0.15) is 47.0 Å². The van der Waals surface area contributed by atoms with Gasteiger partial charge in [0.25, 0.3) is 0 Å². The molecule has 0 bridgehead atoms. The summed E-state index contributed by atoms with van der Waals surface area (Å²) in [5.74, 6) is 2.30. The molecule has 2 N–H and O–H groups in total. The molecule has 1 rings (SSSR count). The Morgan fingerprint density at radius 3 is 2.38 bits per heavy atom. The topological polar surface area (TPSA) is 29.3 Å². The molecule has 0 amide bonds. The van der Waals surface area contributed by atoms with E-state index in [1.54, 1.807) is 0 Å². The fraction of sp³-hybridized carbons (Fsp3) is 1.00. The van der Waals surface area contributed by atoms with Gasteiger partial charge in [0, 0.05) is 12.1 Å². The van der Waals surface area contributed by atoms with E-state index in [4.69, 9.17) is 5.73 Å². The normalized spacial score (nSPS) is 33.4. The van der Waals surface area contributed by atoms with Gasteiger partial charge < -0.3 is 10.6 Å². The number of hydrogen-bond acceptors (Lipinski definition) is 2. The summed E-state index contributed by atoms with van der Waals surface area (Å²) < 4.78 is 0. The van der Waals surface area contributed by atoms with Crippen molar-refractivity contribution in [1.82, 2.24) is 4.90 Å². The van der Waals surface area contributed by atoms with Gasteiger partial charge in [0.1, 0.15) is 0 Å². The van der Waals surface area contributed by atoms with Crippen molar-refractivity contribution in [3.05, 3.63) is 0 Å². The molecule has 0 aromatic heterocycles. The van der Waals surface area contributed by atoms with Crippen LogP contribution in [0.4, 0.5) is 0 Å². The molecule has 1 fully saturated rings. The van der Waals surface area contributed by atoms with Crippen LogP contribution in [-0.4, -0.2) is 30.6 Å². The molecule has 0 aromatic rings. The quantitative estimate of drug-likeness (QED) is 0.798. The Morgan fingerprint density at radius 2 is 1.88 bits per heavy atom. The summed E-state index contributed by atoms with van der Waals surface area (Å²) in [6, 6.07) is 1.36. The molecule has 0 heterocycles. The van der Waals surface area contributed by atoms with Gasteiger partial charge >= 0.3 is 0 Å². The first-order chi connectivity index (χ1) is 7.47. The third kappa shape index (κ3) is 3.21. The monoisotopic (exact) mass is 226 g/mol. The summed E-state index contributed by atoms with van der Waals surface area (Å²) in [7, 11) is 2.29. The molecule has 0 aliphatic heterocycles. The zero-order valence-corrected chi connectivity index (χ0v) is 11.7. The van der Waals surface area contributed by atoms with Gasteiger partial charge in [-0.1, -0.05) is 27.2 Å². The number of rotatable bonds is 4. The smallest absolute Gasteiger partial charge is 0.0138 e. The number of nitrogens with two attached hydrogens (primary N) is 1. The Bertz CT molecular complexity index is 203. The highest BCUT2D eigenvalue weighted by Crippen LogP contribution is 2.32. The van der Waals surface area contributed by atoms with E-state index in [0.29, 0.717) is 18.0 Å². The summed E-state index contributed by atoms with van der Waals surface area (Å²) in [4.78, 5) is 2.58. The van der Waals surface area contributed by atoms with Crippen LogP contribution in [-0.2, 0) is 0 Å². The van der Waals surface area contributed by atoms with Crippen LogP contribution in [0.3, 0.4) is 0 Å². The van der Waals surface area contributed by atoms with Crippen molar-refractivity contribution in [3.8, 4) is 0 Å². The first-order valence-corrected chi connectivity index (χ1v) is 6.89. The molecule has 0 saturated heterocycles. The molecular weight excluding hydrogens is 196 g/mol. The second-order valence-electron chi connectivity index (χ2n) is 6.13. The number of hydrogen-bond donors (Lipinski definition) is 1. The minimum Gasteiger partial charge on any atom is -0.330 e. The van der Waals surface area contributed by atoms with E-state index in [0.717, 1.165) is 18.4 Å². The van der Waals surface area contributed by atoms with E-state index in [1.807, 2.05) is 0 Å². The Balaban J connectivity index is 2.66. The molecule has 16 heavy (non-hydrogen) atoms. The minimum absolute atomic E-state index is 0.657. The van der Waals surface area contributed by atoms with Crippen LogP contribution >= 0.6 is 0 Å². The van der Waals surface area contributed by atoms with E-state index >= 15 is 0 Å². The average molecular weight is 226 g/mol. The van der Waals surface area contributed by atoms with Crippen LogP contribution in [0.2, 0.25) is 0 Å². The fourth-order valence-electron chi connectivity index (χ4n) is 2.96. The molecule has 0 radical (unpaired) electrons. The van der Waals surface area contributed by atoms with Crippen LogP contribution in [0, 0.1) is 17.8 Å². The Morgan fingerprint density at radius 1 is 1.25 bits per heavy atom. The van der Waals surface area contributed by atoms with Crippen molar-refractivity contribution >= 4 is 0 Å². The van der Waals surface area contributed by atoms with E-state index in [2.05, 4.69) is 39.6 Å². The molecule has 96 valence electrons. The molecule has 1 aliphatic rings. The maximum atomic E-state index is 5.93. The molecular formula is C14H30N2. The molecule has 0 aromatic carbocycles. The van der Waals surface area contributed by atoms with Gasteiger partial charge in [-0.05, 0) is 51.1 Å². The van der Waals surface area contributed by atoms with E-state index in [-0.39, 0.29) is 0 Å². The van der Waals surface area contributed by atoms with Gasteiger partial charge in [0.05, 0.1) is 0 Å². The highest BCUT2D eigenvalue weighted by molar-refractivity contribution is 4.87. The van der Waals surface area contributed by atoms with E-state index < -0.39 is 0 Å². The Hall–Kier alpha value is -0.0800. The lowest BCUT2D eigenvalue weighted by molar-refractivity contribution is 0.0624. The predicted octanol–water partition coefficient (Wildman–Crippen LogP) is 2.73. The van der Waals surface area contributed by atoms with E-state index in [9.17, 15) is 0 Å². The second-order valence-corrected chi connectivity index (χ2v) is 6.13. The van der Waals surface area contributed by atoms with Crippen molar-refractivity contribution < 1.29 is 0 Å². The molecule has 0 spiro atoms. The molecule has 4 atom stereocenters. The lowest BCUT2D eigenvalue weighted by Crippen LogP contribution is -2.49. The molecule has 1 aliphatic carbocycles. The summed E-state index contributed by atoms with van der Waals surface area (Å²) >= 11 is 0. The summed E-state index contributed by atoms with van der Waals surface area (Å²) in [5, 5.41) is 0. The summed E-state index contributed by atoms with van der Waals surface area (Å²) in [5.41, 5.74) is 5.93. The predicted molar refractivity (Wildman–Crippen MR) is 71.4 cm³/mol. The average Bonchev–Trinajstić information content (AvgIpc) is 2.26. The lowest BCUT2D eigenvalue weighted by atomic mass is 9.77. The SMILES string of the molecule is CC1CCC(CN)C(N(C)C(C)C(C)C)C1. The third-order valence-corrected chi connectivity index (χ3v) is 4.65. The fourth-order valence-corrected chi connectivity index (χ4v) is 2.96. The van der Waals surface area contributed by atoms with Crippen LogP contribution in [0.5, 0.6) is 0 Å². The maximum absolute atomic E-state index is 5.93. The summed E-state index contributed by atoms with van der Waals surface area (Å²) in [6.45, 7) is 10.2. The highest BCUT2D eigenvalue weighted by Gasteiger charge is 2.32. The zero-order valence-electron chi connectivity index (χ0n) is 11.7. The van der Waals surface area contributed by atoms with Crippen molar-refractivity contribution in [1.29, 1.82) is 0 Å². The van der Waals surface area contributed by atoms with Gasteiger partial charge in [-0.3, -0.25) is 0 Å².